The SMILES string of the molecule is [CH2]CCC(=O)OC(=O)Cc1ccccc1. The van der Waals surface area contributed by atoms with E-state index in [0.29, 0.717) is 6.42 Å². The van der Waals surface area contributed by atoms with Crippen molar-refractivity contribution in [2.24, 2.45) is 0 Å². The quantitative estimate of drug-likeness (QED) is 0.557. The molecule has 0 saturated heterocycles. The van der Waals surface area contributed by atoms with Crippen LogP contribution in [0.15, 0.2) is 30.3 Å². The summed E-state index contributed by atoms with van der Waals surface area (Å²) >= 11 is 0. The van der Waals surface area contributed by atoms with Crippen molar-refractivity contribution in [1.82, 2.24) is 0 Å². The maximum atomic E-state index is 11.2. The molecule has 79 valence electrons. The minimum Gasteiger partial charge on any atom is -0.393 e. The van der Waals surface area contributed by atoms with Crippen LogP contribution in [0.5, 0.6) is 0 Å². The average molecular weight is 205 g/mol. The summed E-state index contributed by atoms with van der Waals surface area (Å²) in [6.07, 6.45) is 0.752. The Hall–Kier alpha value is -1.64. The Morgan fingerprint density at radius 3 is 2.40 bits per heavy atom. The molecule has 0 spiro atoms. The molecule has 0 aliphatic carbocycles. The summed E-state index contributed by atoms with van der Waals surface area (Å²) in [5.74, 6) is -1.02. The normalized spacial score (nSPS) is 9.67. The highest BCUT2D eigenvalue weighted by Gasteiger charge is 2.09. The number of carbonyl (C=O) groups is 2. The average Bonchev–Trinajstić information content (AvgIpc) is 2.19. The summed E-state index contributed by atoms with van der Waals surface area (Å²) in [7, 11) is 0. The molecular weight excluding hydrogens is 192 g/mol. The molecule has 0 fully saturated rings. The van der Waals surface area contributed by atoms with E-state index in [1.807, 2.05) is 30.3 Å². The molecule has 1 rings (SSSR count). The molecule has 0 atom stereocenters. The largest absolute Gasteiger partial charge is 0.393 e. The summed E-state index contributed by atoms with van der Waals surface area (Å²) < 4.78 is 4.58. The van der Waals surface area contributed by atoms with Gasteiger partial charge in [0, 0.05) is 6.42 Å². The third kappa shape index (κ3) is 4.40. The van der Waals surface area contributed by atoms with Crippen LogP contribution < -0.4 is 0 Å². The second kappa shape index (κ2) is 5.96. The van der Waals surface area contributed by atoms with Gasteiger partial charge in [-0.1, -0.05) is 37.3 Å². The van der Waals surface area contributed by atoms with E-state index in [4.69, 9.17) is 0 Å². The van der Waals surface area contributed by atoms with Crippen LogP contribution in [-0.4, -0.2) is 11.9 Å². The maximum absolute atomic E-state index is 11.2. The van der Waals surface area contributed by atoms with Crippen LogP contribution >= 0.6 is 0 Å². The molecule has 0 heterocycles. The van der Waals surface area contributed by atoms with Crippen LogP contribution in [0.25, 0.3) is 0 Å². The third-order valence-corrected chi connectivity index (χ3v) is 1.80. The van der Waals surface area contributed by atoms with Gasteiger partial charge in [0.25, 0.3) is 0 Å². The Labute approximate surface area is 89.1 Å². The first kappa shape index (κ1) is 11.4. The lowest BCUT2D eigenvalue weighted by Gasteiger charge is -2.01. The monoisotopic (exact) mass is 205 g/mol. The van der Waals surface area contributed by atoms with Crippen LogP contribution in [0, 0.1) is 6.92 Å². The highest BCUT2D eigenvalue weighted by atomic mass is 16.6. The van der Waals surface area contributed by atoms with Crippen LogP contribution in [0.1, 0.15) is 18.4 Å². The zero-order valence-corrected chi connectivity index (χ0v) is 8.44. The molecule has 1 aromatic carbocycles. The van der Waals surface area contributed by atoms with E-state index >= 15 is 0 Å². The van der Waals surface area contributed by atoms with Crippen molar-refractivity contribution >= 4 is 11.9 Å². The molecular formula is C12H13O3. The number of esters is 2. The van der Waals surface area contributed by atoms with Gasteiger partial charge in [0.2, 0.25) is 0 Å². The molecule has 3 nitrogen and oxygen atoms in total. The third-order valence-electron chi connectivity index (χ3n) is 1.80. The molecule has 0 unspecified atom stereocenters. The first-order valence-electron chi connectivity index (χ1n) is 4.79. The number of benzene rings is 1. The molecule has 15 heavy (non-hydrogen) atoms. The zero-order chi connectivity index (χ0) is 11.1. The molecule has 0 aliphatic rings. The van der Waals surface area contributed by atoms with Crippen molar-refractivity contribution < 1.29 is 14.3 Å². The van der Waals surface area contributed by atoms with Crippen LogP contribution in [0.4, 0.5) is 0 Å². The van der Waals surface area contributed by atoms with Crippen LogP contribution in [-0.2, 0) is 20.7 Å². The fourth-order valence-corrected chi connectivity index (χ4v) is 1.12. The topological polar surface area (TPSA) is 43.4 Å². The first-order valence-corrected chi connectivity index (χ1v) is 4.79. The van der Waals surface area contributed by atoms with E-state index in [1.165, 1.54) is 0 Å². The van der Waals surface area contributed by atoms with Gasteiger partial charge in [-0.2, -0.15) is 0 Å². The van der Waals surface area contributed by atoms with Crippen molar-refractivity contribution in [3.8, 4) is 0 Å². The number of rotatable bonds is 4. The van der Waals surface area contributed by atoms with Crippen molar-refractivity contribution in [2.45, 2.75) is 19.3 Å². The van der Waals surface area contributed by atoms with Gasteiger partial charge in [0.1, 0.15) is 0 Å². The fraction of sp³-hybridized carbons (Fsp3) is 0.250. The van der Waals surface area contributed by atoms with E-state index in [-0.39, 0.29) is 12.8 Å². The minimum absolute atomic E-state index is 0.129. The van der Waals surface area contributed by atoms with Crippen molar-refractivity contribution in [1.29, 1.82) is 0 Å². The number of hydrogen-bond donors (Lipinski definition) is 0. The smallest absolute Gasteiger partial charge is 0.317 e. The lowest BCUT2D eigenvalue weighted by Crippen LogP contribution is -2.13. The maximum Gasteiger partial charge on any atom is 0.317 e. The van der Waals surface area contributed by atoms with Crippen molar-refractivity contribution in [3.05, 3.63) is 42.8 Å². The van der Waals surface area contributed by atoms with Gasteiger partial charge < -0.3 is 4.74 Å². The minimum atomic E-state index is -0.514. The molecule has 1 radical (unpaired) electrons. The Morgan fingerprint density at radius 1 is 1.13 bits per heavy atom. The summed E-state index contributed by atoms with van der Waals surface area (Å²) in [6, 6.07) is 9.16. The summed E-state index contributed by atoms with van der Waals surface area (Å²) in [6.45, 7) is 3.50. The van der Waals surface area contributed by atoms with E-state index in [2.05, 4.69) is 11.7 Å². The molecule has 0 aromatic heterocycles. The zero-order valence-electron chi connectivity index (χ0n) is 8.44. The van der Waals surface area contributed by atoms with Gasteiger partial charge in [0.05, 0.1) is 6.42 Å². The second-order valence-electron chi connectivity index (χ2n) is 3.11. The predicted octanol–water partition coefficient (Wildman–Crippen LogP) is 1.91. The van der Waals surface area contributed by atoms with Gasteiger partial charge in [-0.3, -0.25) is 9.59 Å². The number of carbonyl (C=O) groups excluding carboxylic acids is 2. The van der Waals surface area contributed by atoms with Gasteiger partial charge >= 0.3 is 11.9 Å². The van der Waals surface area contributed by atoms with Gasteiger partial charge in [-0.15, -0.1) is 0 Å². The standard InChI is InChI=1S/C12H13O3/c1-2-6-11(13)15-12(14)9-10-7-4-3-5-8-10/h3-5,7-8H,1-2,6,9H2. The number of hydrogen-bond acceptors (Lipinski definition) is 3. The Morgan fingerprint density at radius 2 is 1.80 bits per heavy atom. The van der Waals surface area contributed by atoms with E-state index < -0.39 is 11.9 Å². The van der Waals surface area contributed by atoms with Gasteiger partial charge in [-0.25, -0.2) is 0 Å². The number of ether oxygens (including phenoxy) is 1. The summed E-state index contributed by atoms with van der Waals surface area (Å²) in [4.78, 5) is 22.2. The molecule has 0 amide bonds. The lowest BCUT2D eigenvalue weighted by molar-refractivity contribution is -0.159. The van der Waals surface area contributed by atoms with Gasteiger partial charge in [0.15, 0.2) is 0 Å². The molecule has 0 N–H and O–H groups in total. The second-order valence-corrected chi connectivity index (χ2v) is 3.11. The van der Waals surface area contributed by atoms with Gasteiger partial charge in [-0.05, 0) is 12.0 Å². The molecule has 1 aromatic rings. The van der Waals surface area contributed by atoms with Crippen molar-refractivity contribution in [3.63, 3.8) is 0 Å². The van der Waals surface area contributed by atoms with E-state index in [9.17, 15) is 9.59 Å². The van der Waals surface area contributed by atoms with E-state index in [1.54, 1.807) is 0 Å². The van der Waals surface area contributed by atoms with Crippen LogP contribution in [0.3, 0.4) is 0 Å². The highest BCUT2D eigenvalue weighted by molar-refractivity contribution is 5.86. The van der Waals surface area contributed by atoms with E-state index in [0.717, 1.165) is 5.56 Å². The molecule has 0 bridgehead atoms. The van der Waals surface area contributed by atoms with Crippen LogP contribution in [0.2, 0.25) is 0 Å². The van der Waals surface area contributed by atoms with Crippen molar-refractivity contribution in [2.75, 3.05) is 0 Å². The first-order chi connectivity index (χ1) is 7.22. The Kier molecular flexibility index (Phi) is 4.54. The highest BCUT2D eigenvalue weighted by Crippen LogP contribution is 2.01. The molecule has 0 aliphatic heterocycles. The fourth-order valence-electron chi connectivity index (χ4n) is 1.12. The predicted molar refractivity (Wildman–Crippen MR) is 55.8 cm³/mol. The molecule has 0 saturated carbocycles. The lowest BCUT2D eigenvalue weighted by atomic mass is 10.2. The Balaban J connectivity index is 2.40. The summed E-state index contributed by atoms with van der Waals surface area (Å²) in [5.41, 5.74) is 0.838. The Bertz CT molecular complexity index is 330. The molecule has 3 heteroatoms. The summed E-state index contributed by atoms with van der Waals surface area (Å²) in [5, 5.41) is 0.